The van der Waals surface area contributed by atoms with Crippen molar-refractivity contribution in [1.82, 2.24) is 10.2 Å². The van der Waals surface area contributed by atoms with Crippen molar-refractivity contribution in [2.24, 2.45) is 5.73 Å². The summed E-state index contributed by atoms with van der Waals surface area (Å²) in [6.45, 7) is 7.47. The third kappa shape index (κ3) is 2.16. The lowest BCUT2D eigenvalue weighted by Gasteiger charge is -2.28. The lowest BCUT2D eigenvalue weighted by Crippen LogP contribution is -2.52. The molecule has 2 saturated heterocycles. The number of carbonyl (C=O) groups excluding carboxylic acids is 3. The predicted molar refractivity (Wildman–Crippen MR) is 68.4 cm³/mol. The molecule has 0 spiro atoms. The molecular formula is C13H15N3O3. The fourth-order valence-corrected chi connectivity index (χ4v) is 2.26. The highest BCUT2D eigenvalue weighted by Crippen LogP contribution is 2.27. The number of hydrogen-bond donors (Lipinski definition) is 2. The molecule has 3 amide bonds. The van der Waals surface area contributed by atoms with E-state index in [1.807, 2.05) is 0 Å². The van der Waals surface area contributed by atoms with Crippen molar-refractivity contribution >= 4 is 17.7 Å². The average Bonchev–Trinajstić information content (AvgIpc) is 2.66. The zero-order valence-corrected chi connectivity index (χ0v) is 10.4. The maximum Gasteiger partial charge on any atom is 0.254 e. The van der Waals surface area contributed by atoms with Gasteiger partial charge in [0.2, 0.25) is 11.8 Å². The first-order valence-electron chi connectivity index (χ1n) is 5.90. The van der Waals surface area contributed by atoms with Crippen LogP contribution in [0.15, 0.2) is 36.1 Å². The van der Waals surface area contributed by atoms with Gasteiger partial charge in [-0.2, -0.15) is 0 Å². The van der Waals surface area contributed by atoms with Crippen molar-refractivity contribution in [2.45, 2.75) is 18.9 Å². The number of likely N-dealkylation sites (tertiary alicyclic amines) is 1. The van der Waals surface area contributed by atoms with E-state index >= 15 is 0 Å². The molecule has 100 valence electrons. The lowest BCUT2D eigenvalue weighted by atomic mass is 10.0. The van der Waals surface area contributed by atoms with Gasteiger partial charge in [0.15, 0.2) is 0 Å². The van der Waals surface area contributed by atoms with Crippen LogP contribution in [0.3, 0.4) is 0 Å². The van der Waals surface area contributed by atoms with E-state index in [1.54, 1.807) is 0 Å². The minimum atomic E-state index is -0.642. The number of hydrogen-bond acceptors (Lipinski definition) is 4. The Kier molecular flexibility index (Phi) is 3.25. The van der Waals surface area contributed by atoms with Crippen molar-refractivity contribution in [2.75, 3.05) is 6.54 Å². The molecular weight excluding hydrogens is 246 g/mol. The highest BCUT2D eigenvalue weighted by atomic mass is 16.2. The standard InChI is InChI=1S/C13H15N3O3/c1-3-9(14)8-6-16(13(19)7(8)2)10-4-5-11(17)15-12(10)18/h3,10H,1-2,4-6,14H2,(H,15,17,18)/b9-8+. The number of rotatable bonds is 2. The number of nitrogens with one attached hydrogen (secondary N) is 1. The van der Waals surface area contributed by atoms with Crippen LogP contribution in [-0.4, -0.2) is 35.2 Å². The first-order valence-corrected chi connectivity index (χ1v) is 5.90. The minimum Gasteiger partial charge on any atom is -0.398 e. The van der Waals surface area contributed by atoms with Crippen molar-refractivity contribution in [3.8, 4) is 0 Å². The number of imide groups is 1. The summed E-state index contributed by atoms with van der Waals surface area (Å²) in [4.78, 5) is 36.4. The Morgan fingerprint density at radius 1 is 1.42 bits per heavy atom. The van der Waals surface area contributed by atoms with Crippen LogP contribution in [0.1, 0.15) is 12.8 Å². The van der Waals surface area contributed by atoms with E-state index in [2.05, 4.69) is 18.5 Å². The number of allylic oxidation sites excluding steroid dienone is 1. The van der Waals surface area contributed by atoms with E-state index in [0.717, 1.165) is 0 Å². The summed E-state index contributed by atoms with van der Waals surface area (Å²) in [5.74, 6) is -1.08. The second-order valence-corrected chi connectivity index (χ2v) is 4.52. The van der Waals surface area contributed by atoms with Crippen LogP contribution >= 0.6 is 0 Å². The molecule has 2 aliphatic heterocycles. The van der Waals surface area contributed by atoms with E-state index < -0.39 is 11.9 Å². The van der Waals surface area contributed by atoms with Crippen LogP contribution in [-0.2, 0) is 14.4 Å². The van der Waals surface area contributed by atoms with E-state index in [0.29, 0.717) is 17.7 Å². The van der Waals surface area contributed by atoms with Gasteiger partial charge in [-0.15, -0.1) is 0 Å². The van der Waals surface area contributed by atoms with E-state index in [9.17, 15) is 14.4 Å². The van der Waals surface area contributed by atoms with Crippen molar-refractivity contribution in [3.05, 3.63) is 36.1 Å². The first-order chi connectivity index (χ1) is 8.95. The van der Waals surface area contributed by atoms with Gasteiger partial charge < -0.3 is 10.6 Å². The number of nitrogens with two attached hydrogens (primary N) is 1. The molecule has 3 N–H and O–H groups in total. The molecule has 19 heavy (non-hydrogen) atoms. The van der Waals surface area contributed by atoms with E-state index in [-0.39, 0.29) is 30.4 Å². The third-order valence-corrected chi connectivity index (χ3v) is 3.37. The largest absolute Gasteiger partial charge is 0.398 e. The molecule has 2 aliphatic rings. The van der Waals surface area contributed by atoms with Crippen molar-refractivity contribution < 1.29 is 14.4 Å². The Hall–Kier alpha value is -2.37. The summed E-state index contributed by atoms with van der Waals surface area (Å²) in [5, 5.41) is 2.23. The molecule has 0 aliphatic carbocycles. The number of carbonyl (C=O) groups is 3. The van der Waals surface area contributed by atoms with Gasteiger partial charge in [0.1, 0.15) is 6.04 Å². The smallest absolute Gasteiger partial charge is 0.254 e. The molecule has 1 atom stereocenters. The molecule has 2 rings (SSSR count). The number of piperidine rings is 1. The summed E-state index contributed by atoms with van der Waals surface area (Å²) >= 11 is 0. The first kappa shape index (κ1) is 13.1. The monoisotopic (exact) mass is 261 g/mol. The van der Waals surface area contributed by atoms with Crippen LogP contribution in [0, 0.1) is 0 Å². The molecule has 0 aromatic rings. The van der Waals surface area contributed by atoms with Gasteiger partial charge in [-0.1, -0.05) is 13.2 Å². The summed E-state index contributed by atoms with van der Waals surface area (Å²) in [6.07, 6.45) is 2.00. The Morgan fingerprint density at radius 3 is 2.68 bits per heavy atom. The lowest BCUT2D eigenvalue weighted by molar-refractivity contribution is -0.142. The molecule has 0 radical (unpaired) electrons. The van der Waals surface area contributed by atoms with Crippen molar-refractivity contribution in [1.29, 1.82) is 0 Å². The third-order valence-electron chi connectivity index (χ3n) is 3.37. The van der Waals surface area contributed by atoms with Crippen molar-refractivity contribution in [3.63, 3.8) is 0 Å². The molecule has 0 aromatic heterocycles. The van der Waals surface area contributed by atoms with Gasteiger partial charge in [0.05, 0.1) is 0 Å². The molecule has 0 bridgehead atoms. The second-order valence-electron chi connectivity index (χ2n) is 4.52. The number of amides is 3. The quantitative estimate of drug-likeness (QED) is 0.522. The summed E-state index contributed by atoms with van der Waals surface area (Å²) in [7, 11) is 0. The van der Waals surface area contributed by atoms with Gasteiger partial charge in [-0.05, 0) is 12.5 Å². The van der Waals surface area contributed by atoms with Gasteiger partial charge in [-0.25, -0.2) is 0 Å². The zero-order valence-electron chi connectivity index (χ0n) is 10.4. The number of nitrogens with zero attached hydrogens (tertiary/aromatic N) is 1. The summed E-state index contributed by atoms with van der Waals surface area (Å²) < 4.78 is 0. The van der Waals surface area contributed by atoms with Crippen LogP contribution in [0.25, 0.3) is 0 Å². The highest BCUT2D eigenvalue weighted by molar-refractivity contribution is 6.06. The molecule has 1 unspecified atom stereocenters. The molecule has 0 saturated carbocycles. The summed E-state index contributed by atoms with van der Waals surface area (Å²) in [5.41, 5.74) is 7.00. The van der Waals surface area contributed by atoms with E-state index in [4.69, 9.17) is 5.73 Å². The maximum absolute atomic E-state index is 12.1. The average molecular weight is 261 g/mol. The minimum absolute atomic E-state index is 0.224. The zero-order chi connectivity index (χ0) is 14.2. The van der Waals surface area contributed by atoms with Gasteiger partial charge in [0.25, 0.3) is 5.91 Å². The Balaban J connectivity index is 2.26. The summed E-state index contributed by atoms with van der Waals surface area (Å²) in [6, 6.07) is -0.642. The van der Waals surface area contributed by atoms with Crippen LogP contribution in [0.2, 0.25) is 0 Å². The Bertz CT molecular complexity index is 533. The molecule has 2 heterocycles. The molecule has 2 fully saturated rings. The van der Waals surface area contributed by atoms with E-state index in [1.165, 1.54) is 11.0 Å². The van der Waals surface area contributed by atoms with Crippen LogP contribution < -0.4 is 11.1 Å². The van der Waals surface area contributed by atoms with Crippen LogP contribution in [0.5, 0.6) is 0 Å². The molecule has 0 aromatic carbocycles. The Morgan fingerprint density at radius 2 is 2.11 bits per heavy atom. The second kappa shape index (κ2) is 4.72. The fourth-order valence-electron chi connectivity index (χ4n) is 2.26. The fraction of sp³-hybridized carbons (Fsp3) is 0.308. The topological polar surface area (TPSA) is 92.5 Å². The maximum atomic E-state index is 12.1. The molecule has 6 nitrogen and oxygen atoms in total. The predicted octanol–water partition coefficient (Wildman–Crippen LogP) is -0.411. The van der Waals surface area contributed by atoms with Gasteiger partial charge >= 0.3 is 0 Å². The SMILES string of the molecule is C=C/C(N)=C1/CN(C2CCC(=O)NC2=O)C(=O)C1=C. The highest BCUT2D eigenvalue weighted by Gasteiger charge is 2.40. The van der Waals surface area contributed by atoms with Gasteiger partial charge in [0, 0.05) is 29.8 Å². The van der Waals surface area contributed by atoms with Gasteiger partial charge in [-0.3, -0.25) is 19.7 Å². The Labute approximate surface area is 110 Å². The molecule has 6 heteroatoms. The van der Waals surface area contributed by atoms with Crippen LogP contribution in [0.4, 0.5) is 0 Å². The normalized spacial score (nSPS) is 26.5.